The van der Waals surface area contributed by atoms with Crippen molar-refractivity contribution >= 4 is 34.8 Å². The van der Waals surface area contributed by atoms with Crippen LogP contribution in [0.15, 0.2) is 29.3 Å². The summed E-state index contributed by atoms with van der Waals surface area (Å²) in [6.45, 7) is 0. The summed E-state index contributed by atoms with van der Waals surface area (Å²) in [5, 5.41) is 0.618. The highest BCUT2D eigenvalue weighted by molar-refractivity contribution is 6.42. The van der Waals surface area contributed by atoms with Crippen LogP contribution in [0.25, 0.3) is 0 Å². The zero-order valence-electron chi connectivity index (χ0n) is 8.21. The summed E-state index contributed by atoms with van der Waals surface area (Å²) in [5.74, 6) is 0.396. The van der Waals surface area contributed by atoms with E-state index < -0.39 is 5.56 Å². The Bertz CT molecular complexity index is 613. The molecule has 1 aromatic heterocycles. The first-order valence-corrected chi connectivity index (χ1v) is 5.57. The topological polar surface area (TPSA) is 55.0 Å². The summed E-state index contributed by atoms with van der Waals surface area (Å²) in [5.41, 5.74) is -0.475. The van der Waals surface area contributed by atoms with Crippen molar-refractivity contribution in [2.24, 2.45) is 0 Å². The Balaban J connectivity index is 2.35. The van der Waals surface area contributed by atoms with Crippen LogP contribution in [0.4, 0.5) is 0 Å². The van der Waals surface area contributed by atoms with Crippen molar-refractivity contribution in [3.05, 3.63) is 49.9 Å². The molecule has 0 aliphatic carbocycles. The van der Waals surface area contributed by atoms with Gasteiger partial charge in [-0.25, -0.2) is 4.98 Å². The second-order valence-corrected chi connectivity index (χ2v) is 4.22. The van der Waals surface area contributed by atoms with Crippen molar-refractivity contribution in [1.82, 2.24) is 9.97 Å². The van der Waals surface area contributed by atoms with Crippen LogP contribution in [0, 0.1) is 0 Å². The van der Waals surface area contributed by atoms with Crippen molar-refractivity contribution in [3.63, 3.8) is 0 Å². The Morgan fingerprint density at radius 3 is 2.65 bits per heavy atom. The van der Waals surface area contributed by atoms with E-state index >= 15 is 0 Å². The SMILES string of the molecule is O=c1[nH]cnc(Oc2ccc(Cl)c(Cl)c2)c1Cl. The molecular formula is C10H5Cl3N2O2. The van der Waals surface area contributed by atoms with Gasteiger partial charge in [0.05, 0.1) is 16.4 Å². The number of benzene rings is 1. The van der Waals surface area contributed by atoms with Gasteiger partial charge in [-0.15, -0.1) is 0 Å². The van der Waals surface area contributed by atoms with Crippen LogP contribution in [0.2, 0.25) is 15.1 Å². The van der Waals surface area contributed by atoms with Gasteiger partial charge in [-0.3, -0.25) is 4.79 Å². The second-order valence-electron chi connectivity index (χ2n) is 3.03. The lowest BCUT2D eigenvalue weighted by molar-refractivity contribution is 0.461. The summed E-state index contributed by atoms with van der Waals surface area (Å²) < 4.78 is 5.32. The summed E-state index contributed by atoms with van der Waals surface area (Å²) in [6, 6.07) is 4.66. The first-order valence-electron chi connectivity index (χ1n) is 4.44. The number of nitrogens with one attached hydrogen (secondary N) is 1. The van der Waals surface area contributed by atoms with Gasteiger partial charge in [-0.1, -0.05) is 34.8 Å². The van der Waals surface area contributed by atoms with Crippen molar-refractivity contribution in [3.8, 4) is 11.6 Å². The Kier molecular flexibility index (Phi) is 3.57. The predicted molar refractivity (Wildman–Crippen MR) is 66.4 cm³/mol. The molecule has 88 valence electrons. The van der Waals surface area contributed by atoms with Crippen molar-refractivity contribution in [2.45, 2.75) is 0 Å². The molecule has 17 heavy (non-hydrogen) atoms. The van der Waals surface area contributed by atoms with E-state index in [1.807, 2.05) is 0 Å². The fourth-order valence-corrected chi connectivity index (χ4v) is 1.52. The molecule has 1 N–H and O–H groups in total. The average molecular weight is 292 g/mol. The minimum atomic E-state index is -0.475. The van der Waals surface area contributed by atoms with Crippen LogP contribution in [0.5, 0.6) is 11.6 Å². The monoisotopic (exact) mass is 290 g/mol. The van der Waals surface area contributed by atoms with E-state index in [-0.39, 0.29) is 10.9 Å². The van der Waals surface area contributed by atoms with Crippen LogP contribution in [0.3, 0.4) is 0 Å². The average Bonchev–Trinajstić information content (AvgIpc) is 2.30. The molecular weight excluding hydrogens is 286 g/mol. The second kappa shape index (κ2) is 4.96. The molecule has 0 saturated heterocycles. The number of hydrogen-bond donors (Lipinski definition) is 1. The third-order valence-electron chi connectivity index (χ3n) is 1.87. The van der Waals surface area contributed by atoms with E-state index in [0.29, 0.717) is 15.8 Å². The smallest absolute Gasteiger partial charge is 0.273 e. The number of rotatable bonds is 2. The fraction of sp³-hybridized carbons (Fsp3) is 0. The van der Waals surface area contributed by atoms with Crippen LogP contribution < -0.4 is 10.3 Å². The van der Waals surface area contributed by atoms with Crippen molar-refractivity contribution < 1.29 is 4.74 Å². The number of hydrogen-bond acceptors (Lipinski definition) is 3. The molecule has 0 fully saturated rings. The zero-order chi connectivity index (χ0) is 12.4. The lowest BCUT2D eigenvalue weighted by Gasteiger charge is -2.06. The molecule has 1 heterocycles. The van der Waals surface area contributed by atoms with E-state index in [1.54, 1.807) is 12.1 Å². The summed E-state index contributed by atoms with van der Waals surface area (Å²) in [4.78, 5) is 17.3. The van der Waals surface area contributed by atoms with E-state index in [4.69, 9.17) is 39.5 Å². The van der Waals surface area contributed by atoms with E-state index in [9.17, 15) is 4.79 Å². The summed E-state index contributed by atoms with van der Waals surface area (Å²) in [6.07, 6.45) is 1.20. The Labute approximate surface area is 111 Å². The number of ether oxygens (including phenoxy) is 1. The molecule has 0 atom stereocenters. The van der Waals surface area contributed by atoms with Gasteiger partial charge in [-0.2, -0.15) is 0 Å². The zero-order valence-corrected chi connectivity index (χ0v) is 10.5. The third kappa shape index (κ3) is 2.72. The molecule has 7 heteroatoms. The highest BCUT2D eigenvalue weighted by Gasteiger charge is 2.09. The molecule has 2 rings (SSSR count). The van der Waals surface area contributed by atoms with Gasteiger partial charge in [0.1, 0.15) is 5.75 Å². The van der Waals surface area contributed by atoms with Crippen LogP contribution in [-0.2, 0) is 0 Å². The Morgan fingerprint density at radius 1 is 1.18 bits per heavy atom. The van der Waals surface area contributed by atoms with E-state index in [2.05, 4.69) is 9.97 Å². The lowest BCUT2D eigenvalue weighted by atomic mass is 10.3. The van der Waals surface area contributed by atoms with Gasteiger partial charge in [-0.05, 0) is 12.1 Å². The maximum absolute atomic E-state index is 11.2. The highest BCUT2D eigenvalue weighted by Crippen LogP contribution is 2.30. The molecule has 0 saturated carbocycles. The lowest BCUT2D eigenvalue weighted by Crippen LogP contribution is -2.07. The molecule has 0 aliphatic heterocycles. The molecule has 0 amide bonds. The molecule has 4 nitrogen and oxygen atoms in total. The maximum Gasteiger partial charge on any atom is 0.273 e. The largest absolute Gasteiger partial charge is 0.437 e. The summed E-state index contributed by atoms with van der Waals surface area (Å²) in [7, 11) is 0. The molecule has 0 unspecified atom stereocenters. The van der Waals surface area contributed by atoms with Gasteiger partial charge in [0, 0.05) is 6.07 Å². The molecule has 0 spiro atoms. The Hall–Kier alpha value is -1.23. The molecule has 0 aliphatic rings. The first-order chi connectivity index (χ1) is 8.08. The van der Waals surface area contributed by atoms with Crippen molar-refractivity contribution in [2.75, 3.05) is 0 Å². The van der Waals surface area contributed by atoms with E-state index in [0.717, 1.165) is 0 Å². The third-order valence-corrected chi connectivity index (χ3v) is 2.94. The quantitative estimate of drug-likeness (QED) is 0.921. The Morgan fingerprint density at radius 2 is 1.94 bits per heavy atom. The molecule has 0 bridgehead atoms. The van der Waals surface area contributed by atoms with Crippen LogP contribution >= 0.6 is 34.8 Å². The number of halogens is 3. The first kappa shape index (κ1) is 12.2. The van der Waals surface area contributed by atoms with E-state index in [1.165, 1.54) is 12.4 Å². The minimum absolute atomic E-state index is 0.00815. The highest BCUT2D eigenvalue weighted by atomic mass is 35.5. The normalized spacial score (nSPS) is 10.3. The maximum atomic E-state index is 11.2. The molecule has 0 radical (unpaired) electrons. The van der Waals surface area contributed by atoms with Crippen LogP contribution in [-0.4, -0.2) is 9.97 Å². The van der Waals surface area contributed by atoms with Crippen LogP contribution in [0.1, 0.15) is 0 Å². The van der Waals surface area contributed by atoms with Gasteiger partial charge in [0.2, 0.25) is 5.88 Å². The standard InChI is InChI=1S/C10H5Cl3N2O2/c11-6-2-1-5(3-7(6)12)17-10-8(13)9(16)14-4-15-10/h1-4H,(H,14,15,16). The van der Waals surface area contributed by atoms with Gasteiger partial charge >= 0.3 is 0 Å². The van der Waals surface area contributed by atoms with Gasteiger partial charge in [0.15, 0.2) is 5.02 Å². The fourth-order valence-electron chi connectivity index (χ4n) is 1.09. The summed E-state index contributed by atoms with van der Waals surface area (Å²) >= 11 is 17.3. The number of aromatic nitrogens is 2. The molecule has 1 aromatic carbocycles. The van der Waals surface area contributed by atoms with Gasteiger partial charge < -0.3 is 9.72 Å². The van der Waals surface area contributed by atoms with Crippen molar-refractivity contribution in [1.29, 1.82) is 0 Å². The number of H-pyrrole nitrogens is 1. The predicted octanol–water partition coefficient (Wildman–Crippen LogP) is 3.52. The molecule has 2 aromatic rings. The minimum Gasteiger partial charge on any atom is -0.437 e. The van der Waals surface area contributed by atoms with Gasteiger partial charge in [0.25, 0.3) is 5.56 Å². The number of nitrogens with zero attached hydrogens (tertiary/aromatic N) is 1. The number of aromatic amines is 1.